The summed E-state index contributed by atoms with van der Waals surface area (Å²) in [6.07, 6.45) is 1.13. The Labute approximate surface area is 106 Å². The second-order valence-electron chi connectivity index (χ2n) is 4.14. The quantitative estimate of drug-likeness (QED) is 0.622. The Morgan fingerprint density at radius 2 is 2.31 bits per heavy atom. The first kappa shape index (κ1) is 11.8. The fourth-order valence-electron chi connectivity index (χ4n) is 2.26. The average molecular weight is 336 g/mol. The van der Waals surface area contributed by atoms with Gasteiger partial charge in [0.25, 0.3) is 5.92 Å². The molecular formula is C11H11F2IN2. The van der Waals surface area contributed by atoms with E-state index in [0.717, 1.165) is 3.58 Å². The molecule has 0 unspecified atom stereocenters. The van der Waals surface area contributed by atoms with Crippen molar-refractivity contribution in [2.24, 2.45) is 17.6 Å². The van der Waals surface area contributed by atoms with Crippen LogP contribution in [0.15, 0.2) is 20.4 Å². The van der Waals surface area contributed by atoms with Crippen LogP contribution in [-0.2, 0) is 0 Å². The summed E-state index contributed by atoms with van der Waals surface area (Å²) in [5, 5.41) is 9.06. The van der Waals surface area contributed by atoms with Crippen LogP contribution in [0.4, 0.5) is 8.78 Å². The molecule has 1 saturated carbocycles. The van der Waals surface area contributed by atoms with Crippen LogP contribution in [-0.4, -0.2) is 5.92 Å². The van der Waals surface area contributed by atoms with Gasteiger partial charge in [-0.05, 0) is 46.9 Å². The van der Waals surface area contributed by atoms with E-state index < -0.39 is 11.8 Å². The molecule has 0 bridgehead atoms. The molecule has 0 heterocycles. The Morgan fingerprint density at radius 1 is 1.69 bits per heavy atom. The maximum atomic E-state index is 13.6. The number of hydrogen-bond donors (Lipinski definition) is 1. The number of nitrogens with two attached hydrogens (primary N) is 1. The number of allylic oxidation sites excluding steroid dienone is 4. The van der Waals surface area contributed by atoms with E-state index in [1.807, 2.05) is 35.6 Å². The van der Waals surface area contributed by atoms with Crippen LogP contribution < -0.4 is 5.73 Å². The van der Waals surface area contributed by atoms with Crippen LogP contribution in [0.5, 0.6) is 0 Å². The topological polar surface area (TPSA) is 49.8 Å². The maximum Gasteiger partial charge on any atom is 0.290 e. The van der Waals surface area contributed by atoms with E-state index in [1.54, 1.807) is 0 Å². The molecule has 86 valence electrons. The molecule has 0 spiro atoms. The minimum Gasteiger partial charge on any atom is -0.397 e. The van der Waals surface area contributed by atoms with Crippen molar-refractivity contribution in [3.63, 3.8) is 0 Å². The Hall–Kier alpha value is -0.640. The number of nitrogens with zero attached hydrogens (tertiary/aromatic N) is 1. The number of alkyl halides is 2. The highest BCUT2D eigenvalue weighted by Gasteiger charge is 2.64. The molecule has 2 nitrogen and oxygen atoms in total. The van der Waals surface area contributed by atoms with Crippen molar-refractivity contribution < 1.29 is 8.78 Å². The zero-order valence-corrected chi connectivity index (χ0v) is 10.9. The van der Waals surface area contributed by atoms with Crippen LogP contribution in [0.2, 0.25) is 0 Å². The van der Waals surface area contributed by atoms with E-state index in [-0.39, 0.29) is 11.6 Å². The fraction of sp³-hybridized carbons (Fsp3) is 0.545. The van der Waals surface area contributed by atoms with E-state index in [2.05, 4.69) is 0 Å². The third-order valence-electron chi connectivity index (χ3n) is 3.24. The van der Waals surface area contributed by atoms with Gasteiger partial charge in [-0.3, -0.25) is 0 Å². The largest absolute Gasteiger partial charge is 0.397 e. The predicted molar refractivity (Wildman–Crippen MR) is 64.7 cm³/mol. The highest BCUT2D eigenvalue weighted by atomic mass is 127. The Bertz CT molecular complexity index is 445. The lowest BCUT2D eigenvalue weighted by Gasteiger charge is -2.14. The van der Waals surface area contributed by atoms with E-state index in [1.165, 1.54) is 0 Å². The molecule has 0 amide bonds. The van der Waals surface area contributed by atoms with Crippen LogP contribution in [0.25, 0.3) is 0 Å². The summed E-state index contributed by atoms with van der Waals surface area (Å²) in [6.45, 7) is 1.90. The van der Waals surface area contributed by atoms with Crippen molar-refractivity contribution in [2.75, 3.05) is 0 Å². The lowest BCUT2D eigenvalue weighted by molar-refractivity contribution is 0.0204. The molecule has 0 aromatic carbocycles. The second kappa shape index (κ2) is 3.69. The number of hydrogen-bond acceptors (Lipinski definition) is 2. The van der Waals surface area contributed by atoms with E-state index >= 15 is 0 Å². The van der Waals surface area contributed by atoms with Gasteiger partial charge >= 0.3 is 0 Å². The molecule has 0 aliphatic heterocycles. The highest BCUT2D eigenvalue weighted by Crippen LogP contribution is 2.63. The van der Waals surface area contributed by atoms with Gasteiger partial charge in [0, 0.05) is 9.50 Å². The first-order chi connectivity index (χ1) is 7.45. The highest BCUT2D eigenvalue weighted by molar-refractivity contribution is 14.1. The Kier molecular flexibility index (Phi) is 2.73. The minimum absolute atomic E-state index is 0.194. The second-order valence-corrected chi connectivity index (χ2v) is 5.45. The first-order valence-electron chi connectivity index (χ1n) is 5.12. The summed E-state index contributed by atoms with van der Waals surface area (Å²) in [4.78, 5) is 0. The summed E-state index contributed by atoms with van der Waals surface area (Å²) < 4.78 is 27.9. The van der Waals surface area contributed by atoms with E-state index in [0.29, 0.717) is 24.0 Å². The summed E-state index contributed by atoms with van der Waals surface area (Å²) in [6, 6.07) is 2.02. The molecular weight excluding hydrogens is 325 g/mol. The summed E-state index contributed by atoms with van der Waals surface area (Å²) in [5.74, 6) is -3.76. The summed E-state index contributed by atoms with van der Waals surface area (Å²) in [5.41, 5.74) is 5.88. The van der Waals surface area contributed by atoms with Gasteiger partial charge in [-0.25, -0.2) is 0 Å². The van der Waals surface area contributed by atoms with Gasteiger partial charge < -0.3 is 5.73 Å². The monoisotopic (exact) mass is 336 g/mol. The molecule has 2 N–H and O–H groups in total. The number of halogens is 3. The average Bonchev–Trinajstić information content (AvgIpc) is 3.00. The Balaban J connectivity index is 2.51. The van der Waals surface area contributed by atoms with Gasteiger partial charge in [0.05, 0.1) is 11.3 Å². The molecule has 1 fully saturated rings. The third kappa shape index (κ3) is 1.46. The van der Waals surface area contributed by atoms with E-state index in [4.69, 9.17) is 11.0 Å². The molecule has 16 heavy (non-hydrogen) atoms. The van der Waals surface area contributed by atoms with Crippen molar-refractivity contribution in [3.8, 4) is 6.07 Å². The fourth-order valence-corrected chi connectivity index (χ4v) is 2.67. The number of nitriles is 1. The third-order valence-corrected chi connectivity index (χ3v) is 4.54. The van der Waals surface area contributed by atoms with Crippen molar-refractivity contribution in [1.29, 1.82) is 5.26 Å². The van der Waals surface area contributed by atoms with Gasteiger partial charge in [-0.2, -0.15) is 14.0 Å². The van der Waals surface area contributed by atoms with Gasteiger partial charge in [-0.15, -0.1) is 0 Å². The van der Waals surface area contributed by atoms with Crippen LogP contribution in [0.3, 0.4) is 0 Å². The number of fused-ring (bicyclic) bond motifs is 1. The molecule has 2 rings (SSSR count). The first-order valence-corrected chi connectivity index (χ1v) is 6.20. The van der Waals surface area contributed by atoms with Gasteiger partial charge in [0.1, 0.15) is 6.07 Å². The molecule has 0 radical (unpaired) electrons. The SMILES string of the molecule is CC/C(I)=C(\C#N)C1=C(N)C(F)(F)[C@@H]2C[C@H]12. The van der Waals surface area contributed by atoms with Crippen molar-refractivity contribution in [3.05, 3.63) is 20.4 Å². The number of rotatable bonds is 2. The molecule has 0 aromatic rings. The summed E-state index contributed by atoms with van der Waals surface area (Å²) >= 11 is 2.03. The molecule has 0 saturated heterocycles. The molecule has 5 heteroatoms. The predicted octanol–water partition coefficient (Wildman–Crippen LogP) is 3.11. The molecule has 2 aliphatic carbocycles. The zero-order chi connectivity index (χ0) is 12.1. The van der Waals surface area contributed by atoms with Crippen LogP contribution in [0, 0.1) is 23.2 Å². The van der Waals surface area contributed by atoms with Crippen molar-refractivity contribution >= 4 is 22.6 Å². The zero-order valence-electron chi connectivity index (χ0n) is 8.73. The molecule has 0 aromatic heterocycles. The Morgan fingerprint density at radius 3 is 2.69 bits per heavy atom. The standard InChI is InChI=1S/C11H11F2IN2/c1-2-8(14)6(4-15)9-5-3-7(5)11(12,13)10(9)16/h5,7H,2-3,16H2,1H3/b8-6-/t5-,7+/m0/s1. The van der Waals surface area contributed by atoms with Crippen LogP contribution >= 0.6 is 22.6 Å². The smallest absolute Gasteiger partial charge is 0.290 e. The van der Waals surface area contributed by atoms with Gasteiger partial charge in [-0.1, -0.05) is 6.92 Å². The van der Waals surface area contributed by atoms with E-state index in [9.17, 15) is 8.78 Å². The van der Waals surface area contributed by atoms with Crippen molar-refractivity contribution in [2.45, 2.75) is 25.7 Å². The lowest BCUT2D eigenvalue weighted by Crippen LogP contribution is -2.25. The lowest BCUT2D eigenvalue weighted by atomic mass is 10.0. The summed E-state index contributed by atoms with van der Waals surface area (Å²) in [7, 11) is 0. The molecule has 2 atom stereocenters. The van der Waals surface area contributed by atoms with Gasteiger partial charge in [0.2, 0.25) is 0 Å². The van der Waals surface area contributed by atoms with Gasteiger partial charge in [0.15, 0.2) is 0 Å². The normalized spacial score (nSPS) is 31.9. The van der Waals surface area contributed by atoms with Crippen molar-refractivity contribution in [1.82, 2.24) is 0 Å². The maximum absolute atomic E-state index is 13.6. The minimum atomic E-state index is -2.91. The molecule has 2 aliphatic rings. The van der Waals surface area contributed by atoms with Crippen LogP contribution in [0.1, 0.15) is 19.8 Å².